The molecule has 22 atom stereocenters. The SMILES string of the molecule is C#C[C@]1(O)/C=C(\C)C(=O)[C@H](C)C[C@](C)(OC)[C@H](OC2O[C@H](C)C[C@H](N(C)C)[C@H]2OC(=O)c2ccccc2)[C@@H](C)C(=O)[C@@H](C)C(=O)O[C@@H]1CC.CC[C@H]1OC(=O)[C@H](C)C(=O)[C@H](C)[C@@H](OC2O[C@H](C)C[C@H](N(C)C)[C@H]2OC(=O)c2ccccc2)[C@@](C)(OC)C[C@@H](C)C(=O)/C(C)=C/[C@@]1(O)C=O. The topological polar surface area (TPSA) is 293 Å². The number of likely N-dealkylation sites (N-methyl/N-ethyl adjacent to an activating group) is 2. The predicted molar refractivity (Wildman–Crippen MR) is 362 cm³/mol. The van der Waals surface area contributed by atoms with E-state index in [9.17, 15) is 53.4 Å². The van der Waals surface area contributed by atoms with Gasteiger partial charge in [0.25, 0.3) is 0 Å². The summed E-state index contributed by atoms with van der Waals surface area (Å²) in [5.41, 5.74) is -6.05. The molecule has 0 amide bonds. The summed E-state index contributed by atoms with van der Waals surface area (Å²) in [4.78, 5) is 125. The maximum Gasteiger partial charge on any atom is 0.338 e. The first-order valence-electron chi connectivity index (χ1n) is 33.8. The smallest absolute Gasteiger partial charge is 0.338 e. The monoisotopic (exact) mass is 1370 g/mol. The minimum Gasteiger partial charge on any atom is -0.458 e. The molecule has 2 N–H and O–H groups in total. The van der Waals surface area contributed by atoms with Crippen molar-refractivity contribution in [3.63, 3.8) is 0 Å². The zero-order valence-electron chi connectivity index (χ0n) is 60.8. The van der Waals surface area contributed by atoms with E-state index in [-0.39, 0.29) is 73.2 Å². The van der Waals surface area contributed by atoms with Gasteiger partial charge in [0, 0.05) is 37.9 Å². The van der Waals surface area contributed by atoms with Gasteiger partial charge in [0.05, 0.1) is 58.8 Å². The van der Waals surface area contributed by atoms with Crippen LogP contribution in [0.2, 0.25) is 0 Å². The van der Waals surface area contributed by atoms with Crippen molar-refractivity contribution >= 4 is 53.3 Å². The number of carbonyl (C=O) groups is 9. The summed E-state index contributed by atoms with van der Waals surface area (Å²) in [5.74, 6) is -8.58. The number of carbonyl (C=O) groups excluding carboxylic acids is 9. The molecule has 0 radical (unpaired) electrons. The van der Waals surface area contributed by atoms with E-state index in [1.54, 1.807) is 123 Å². The summed E-state index contributed by atoms with van der Waals surface area (Å²) < 4.78 is 61.7. The Morgan fingerprint density at radius 3 is 1.29 bits per heavy atom. The number of benzene rings is 2. The van der Waals surface area contributed by atoms with Gasteiger partial charge in [-0.1, -0.05) is 83.9 Å². The number of ether oxygens (including phenoxy) is 10. The van der Waals surface area contributed by atoms with Gasteiger partial charge in [-0.2, -0.15) is 0 Å². The molecule has 4 aliphatic heterocycles. The highest BCUT2D eigenvalue weighted by Gasteiger charge is 2.54. The zero-order chi connectivity index (χ0) is 73.7. The fraction of sp³-hybridized carbons (Fsp3) is 0.640. The molecule has 2 aromatic rings. The standard InChI is InChI=1S/C38H53NO10.C37H53NO11/c1-12-29-38(44,13-2)21-23(4)30(40)22(3)20-37(8,45-11)33(25(6)31(41)26(7)34(42)47-29)49-36-32(28(39(9)10)19-24(5)46-36)48-35(43)27-17-15-14-16-18-27;1-11-28-37(44,20-39)19-22(3)29(40)21(2)18-36(7,45-10)32(24(5)30(41)25(6)33(42)47-28)49-35-31(27(38(8)9)17-23(4)46-35)48-34(43)26-15-13-12-14-16-26/h2,14-18,21-22,24-26,28-29,32-33,36,44H,12,19-20H2,1,3-11H3;12-16,19-21,23-25,27-28,31-32,35,44H,11,17-18H2,1-10H3/b23-21+;22-19+/t22-,24-,25+,26-,28+,29-,32-,33-,36?,37+,38+;21-,23-,24+,25-,27+,28-,31-,32-,35?,36+,37-/m11/s1. The van der Waals surface area contributed by atoms with Crippen LogP contribution in [0, 0.1) is 47.9 Å². The van der Waals surface area contributed by atoms with Gasteiger partial charge in [0.1, 0.15) is 24.0 Å². The molecule has 0 aliphatic carbocycles. The fourth-order valence-electron chi connectivity index (χ4n) is 13.8. The molecule has 4 heterocycles. The van der Waals surface area contributed by atoms with Crippen LogP contribution in [0.4, 0.5) is 0 Å². The summed E-state index contributed by atoms with van der Waals surface area (Å²) in [6.45, 7) is 22.9. The van der Waals surface area contributed by atoms with Gasteiger partial charge in [0.2, 0.25) is 0 Å². The number of aldehydes is 1. The molecule has 0 spiro atoms. The van der Waals surface area contributed by atoms with Gasteiger partial charge in [-0.15, -0.1) is 6.42 Å². The lowest BCUT2D eigenvalue weighted by atomic mass is 9.77. The number of ketones is 4. The Hall–Kier alpha value is -6.69. The third kappa shape index (κ3) is 19.4. The van der Waals surface area contributed by atoms with Crippen molar-refractivity contribution in [2.75, 3.05) is 42.4 Å². The number of cyclic esters (lactones) is 2. The van der Waals surface area contributed by atoms with Crippen molar-refractivity contribution in [1.82, 2.24) is 9.80 Å². The molecule has 542 valence electrons. The Morgan fingerprint density at radius 2 is 0.959 bits per heavy atom. The number of hydrogen-bond donors (Lipinski definition) is 2. The number of aliphatic hydroxyl groups is 2. The van der Waals surface area contributed by atoms with Gasteiger partial charge in [-0.3, -0.25) is 33.6 Å². The van der Waals surface area contributed by atoms with Crippen LogP contribution in [0.1, 0.15) is 156 Å². The lowest BCUT2D eigenvalue weighted by Crippen LogP contribution is -2.60. The highest BCUT2D eigenvalue weighted by atomic mass is 16.7. The van der Waals surface area contributed by atoms with Crippen molar-refractivity contribution in [3.8, 4) is 12.3 Å². The molecule has 23 nitrogen and oxygen atoms in total. The van der Waals surface area contributed by atoms with Gasteiger partial charge >= 0.3 is 23.9 Å². The van der Waals surface area contributed by atoms with E-state index in [1.807, 2.05) is 51.8 Å². The van der Waals surface area contributed by atoms with Crippen molar-refractivity contribution in [3.05, 3.63) is 95.1 Å². The van der Waals surface area contributed by atoms with Gasteiger partial charge in [-0.25, -0.2) is 9.59 Å². The zero-order valence-corrected chi connectivity index (χ0v) is 60.8. The van der Waals surface area contributed by atoms with Crippen molar-refractivity contribution in [2.45, 2.75) is 231 Å². The molecule has 2 fully saturated rings. The van der Waals surface area contributed by atoms with Crippen LogP contribution < -0.4 is 0 Å². The molecule has 23 heteroatoms. The fourth-order valence-corrected chi connectivity index (χ4v) is 13.8. The molecule has 6 rings (SSSR count). The minimum atomic E-state index is -2.29. The van der Waals surface area contributed by atoms with E-state index in [0.717, 1.165) is 6.08 Å². The normalized spacial score (nSPS) is 37.8. The number of hydrogen-bond acceptors (Lipinski definition) is 23. The van der Waals surface area contributed by atoms with Crippen LogP contribution in [-0.4, -0.2) is 212 Å². The van der Waals surface area contributed by atoms with Gasteiger partial charge < -0.3 is 67.4 Å². The second kappa shape index (κ2) is 35.1. The average Bonchev–Trinajstić information content (AvgIpc) is 0.782. The summed E-state index contributed by atoms with van der Waals surface area (Å²) >= 11 is 0. The van der Waals surface area contributed by atoms with Crippen molar-refractivity contribution in [2.24, 2.45) is 35.5 Å². The third-order valence-corrected chi connectivity index (χ3v) is 19.7. The maximum absolute atomic E-state index is 14.1. The first-order valence-corrected chi connectivity index (χ1v) is 33.8. The third-order valence-electron chi connectivity index (χ3n) is 19.7. The molecule has 2 aromatic carbocycles. The highest BCUT2D eigenvalue weighted by molar-refractivity contribution is 6.01. The summed E-state index contributed by atoms with van der Waals surface area (Å²) in [6, 6.07) is 16.5. The summed E-state index contributed by atoms with van der Waals surface area (Å²) in [6.07, 6.45) is -0.00502. The Morgan fingerprint density at radius 1 is 0.602 bits per heavy atom. The number of esters is 4. The van der Waals surface area contributed by atoms with E-state index in [4.69, 9.17) is 53.8 Å². The van der Waals surface area contributed by atoms with E-state index < -0.39 is 148 Å². The molecule has 0 saturated carbocycles. The summed E-state index contributed by atoms with van der Waals surface area (Å²) in [7, 11) is 10.4. The van der Waals surface area contributed by atoms with E-state index in [0.29, 0.717) is 24.0 Å². The molecular formula is C75H106N2O21. The van der Waals surface area contributed by atoms with E-state index >= 15 is 0 Å². The van der Waals surface area contributed by atoms with E-state index in [1.165, 1.54) is 41.1 Å². The number of methoxy groups -OCH3 is 2. The van der Waals surface area contributed by atoms with Crippen LogP contribution in [0.5, 0.6) is 0 Å². The van der Waals surface area contributed by atoms with Crippen LogP contribution in [-0.2, 0) is 80.9 Å². The Kier molecular flexibility index (Phi) is 29.3. The molecule has 0 aromatic heterocycles. The number of rotatable bonds is 15. The second-order valence-electron chi connectivity index (χ2n) is 27.8. The van der Waals surface area contributed by atoms with Gasteiger partial charge in [-0.05, 0) is 170 Å². The molecule has 2 saturated heterocycles. The molecular weight excluding hydrogens is 1260 g/mol. The number of nitrogens with zero attached hydrogens (tertiary/aromatic N) is 2. The first kappa shape index (κ1) is 82.0. The Labute approximate surface area is 578 Å². The van der Waals surface area contributed by atoms with E-state index in [2.05, 4.69) is 5.92 Å². The quantitative estimate of drug-likeness (QED) is 0.0563. The average molecular weight is 1370 g/mol. The second-order valence-corrected chi connectivity index (χ2v) is 27.8. The lowest BCUT2D eigenvalue weighted by molar-refractivity contribution is -0.294. The van der Waals surface area contributed by atoms with Crippen LogP contribution in [0.15, 0.2) is 84.0 Å². The number of allylic oxidation sites excluding steroid dienone is 2. The van der Waals surface area contributed by atoms with Crippen LogP contribution >= 0.6 is 0 Å². The summed E-state index contributed by atoms with van der Waals surface area (Å²) in [5, 5.41) is 22.5. The Bertz CT molecular complexity index is 3220. The molecule has 4 aliphatic rings. The maximum atomic E-state index is 14.1. The molecule has 2 unspecified atom stereocenters. The van der Waals surface area contributed by atoms with Crippen LogP contribution in [0.3, 0.4) is 0 Å². The van der Waals surface area contributed by atoms with Crippen molar-refractivity contribution in [1.29, 1.82) is 0 Å². The predicted octanol–water partition coefficient (Wildman–Crippen LogP) is 7.87. The Balaban J connectivity index is 0.000000354. The lowest BCUT2D eigenvalue weighted by Gasteiger charge is -2.47. The van der Waals surface area contributed by atoms with Crippen LogP contribution in [0.25, 0.3) is 0 Å². The number of Topliss-reactive ketones (excluding diaryl/α,β-unsaturated/α-hetero) is 4. The van der Waals surface area contributed by atoms with Gasteiger partial charge in [0.15, 0.2) is 65.4 Å². The molecule has 98 heavy (non-hydrogen) atoms. The first-order chi connectivity index (χ1) is 45.8. The van der Waals surface area contributed by atoms with Crippen molar-refractivity contribution < 1.29 is 101 Å². The minimum absolute atomic E-state index is 0.0335. The number of terminal acetylenes is 1. The largest absolute Gasteiger partial charge is 0.458 e. The highest BCUT2D eigenvalue weighted by Crippen LogP contribution is 2.41. The molecule has 0 bridgehead atoms.